The maximum Gasteiger partial charge on any atom is 0.354 e. The van der Waals surface area contributed by atoms with Gasteiger partial charge in [0.25, 0.3) is 10.0 Å². The molecule has 0 spiro atoms. The molecule has 2 heterocycles. The number of nitrogens with zero attached hydrogens (tertiary/aromatic N) is 2. The molecule has 0 aliphatic heterocycles. The van der Waals surface area contributed by atoms with Crippen LogP contribution in [0.15, 0.2) is 29.4 Å². The molecule has 0 saturated carbocycles. The second kappa shape index (κ2) is 6.07. The van der Waals surface area contributed by atoms with E-state index in [0.717, 1.165) is 0 Å². The number of hydrogen-bond acceptors (Lipinski definition) is 5. The minimum absolute atomic E-state index is 0.0260. The highest BCUT2D eigenvalue weighted by atomic mass is 32.2. The summed E-state index contributed by atoms with van der Waals surface area (Å²) in [6.07, 6.45) is 2.93. The van der Waals surface area contributed by atoms with Crippen LogP contribution in [-0.2, 0) is 21.3 Å². The molecule has 2 aromatic heterocycles. The first-order valence-electron chi connectivity index (χ1n) is 6.94. The topological polar surface area (TPSA) is 106 Å². The van der Waals surface area contributed by atoms with E-state index in [9.17, 15) is 13.2 Å². The summed E-state index contributed by atoms with van der Waals surface area (Å²) in [5.41, 5.74) is 0.0872. The summed E-state index contributed by atoms with van der Waals surface area (Å²) in [5.74, 6) is -0.420. The first-order chi connectivity index (χ1) is 10.6. The van der Waals surface area contributed by atoms with Crippen LogP contribution in [0.25, 0.3) is 0 Å². The molecule has 2 rings (SSSR count). The Balaban J connectivity index is 2.15. The van der Waals surface area contributed by atoms with E-state index in [4.69, 9.17) is 0 Å². The first kappa shape index (κ1) is 17.1. The maximum atomic E-state index is 12.3. The molecular weight excluding hydrogens is 320 g/mol. The van der Waals surface area contributed by atoms with Gasteiger partial charge in [-0.15, -0.1) is 0 Å². The lowest BCUT2D eigenvalue weighted by atomic mass is 9.97. The maximum absolute atomic E-state index is 12.3. The Morgan fingerprint density at radius 3 is 2.74 bits per heavy atom. The van der Waals surface area contributed by atoms with Gasteiger partial charge in [0.05, 0.1) is 7.11 Å². The van der Waals surface area contributed by atoms with E-state index < -0.39 is 16.0 Å². The molecule has 126 valence electrons. The van der Waals surface area contributed by atoms with Gasteiger partial charge in [0.15, 0.2) is 5.82 Å². The van der Waals surface area contributed by atoms with Crippen molar-refractivity contribution in [1.29, 1.82) is 0 Å². The Kier molecular flexibility index (Phi) is 4.51. The summed E-state index contributed by atoms with van der Waals surface area (Å²) >= 11 is 0. The van der Waals surface area contributed by atoms with Gasteiger partial charge < -0.3 is 9.72 Å². The van der Waals surface area contributed by atoms with E-state index >= 15 is 0 Å². The van der Waals surface area contributed by atoms with Crippen LogP contribution in [0.2, 0.25) is 0 Å². The van der Waals surface area contributed by atoms with Gasteiger partial charge in [-0.25, -0.2) is 13.2 Å². The first-order valence-corrected chi connectivity index (χ1v) is 8.42. The number of aromatic nitrogens is 3. The number of carbonyl (C=O) groups is 1. The lowest BCUT2D eigenvalue weighted by molar-refractivity contribution is 0.0594. The molecule has 0 bridgehead atoms. The number of esters is 1. The number of anilines is 1. The van der Waals surface area contributed by atoms with E-state index in [0.29, 0.717) is 6.54 Å². The molecule has 0 unspecified atom stereocenters. The van der Waals surface area contributed by atoms with Gasteiger partial charge in [-0.1, -0.05) is 20.8 Å². The van der Waals surface area contributed by atoms with Gasteiger partial charge in [-0.2, -0.15) is 5.10 Å². The number of hydrogen-bond donors (Lipinski definition) is 2. The average Bonchev–Trinajstić information content (AvgIpc) is 3.05. The van der Waals surface area contributed by atoms with Gasteiger partial charge in [-0.05, 0) is 11.5 Å². The molecular formula is C14H20N4O4S. The third-order valence-corrected chi connectivity index (χ3v) is 4.22. The van der Waals surface area contributed by atoms with Crippen molar-refractivity contribution in [2.45, 2.75) is 32.2 Å². The molecule has 0 saturated heterocycles. The van der Waals surface area contributed by atoms with E-state index in [2.05, 4.69) is 40.3 Å². The Morgan fingerprint density at radius 2 is 2.13 bits per heavy atom. The van der Waals surface area contributed by atoms with Crippen molar-refractivity contribution in [2.24, 2.45) is 5.41 Å². The highest BCUT2D eigenvalue weighted by Gasteiger charge is 2.20. The van der Waals surface area contributed by atoms with E-state index in [1.54, 1.807) is 16.9 Å². The quantitative estimate of drug-likeness (QED) is 0.808. The summed E-state index contributed by atoms with van der Waals surface area (Å²) in [6.45, 7) is 6.84. The molecule has 9 heteroatoms. The molecule has 0 aliphatic rings. The minimum Gasteiger partial charge on any atom is -0.464 e. The summed E-state index contributed by atoms with van der Waals surface area (Å²) in [6, 6.07) is 2.79. The van der Waals surface area contributed by atoms with Gasteiger partial charge in [-0.3, -0.25) is 9.40 Å². The van der Waals surface area contributed by atoms with E-state index in [1.165, 1.54) is 19.4 Å². The van der Waals surface area contributed by atoms with Crippen LogP contribution in [0.5, 0.6) is 0 Å². The van der Waals surface area contributed by atoms with Crippen LogP contribution in [0.4, 0.5) is 5.82 Å². The molecule has 0 amide bonds. The zero-order valence-corrected chi connectivity index (χ0v) is 14.3. The molecule has 0 radical (unpaired) electrons. The minimum atomic E-state index is -3.83. The summed E-state index contributed by atoms with van der Waals surface area (Å²) in [5, 5.41) is 4.19. The standard InChI is InChI=1S/C14H20N4O4S/c1-14(2,3)9-18-6-5-12(16-18)17-23(20,21)10-7-11(15-8-10)13(19)22-4/h5-8,15H,9H2,1-4H3,(H,16,17). The van der Waals surface area contributed by atoms with Crippen LogP contribution < -0.4 is 4.72 Å². The van der Waals surface area contributed by atoms with Crippen molar-refractivity contribution < 1.29 is 17.9 Å². The number of rotatable bonds is 5. The van der Waals surface area contributed by atoms with Crippen LogP contribution in [0.3, 0.4) is 0 Å². The van der Waals surface area contributed by atoms with Crippen molar-refractivity contribution in [3.63, 3.8) is 0 Å². The fraction of sp³-hybridized carbons (Fsp3) is 0.429. The second-order valence-electron chi connectivity index (χ2n) is 6.31. The number of H-pyrrole nitrogens is 1. The van der Waals surface area contributed by atoms with E-state index in [1.807, 2.05) is 0 Å². The number of nitrogens with one attached hydrogen (secondary N) is 2. The van der Waals surface area contributed by atoms with Gasteiger partial charge in [0.2, 0.25) is 0 Å². The predicted octanol–water partition coefficient (Wildman–Crippen LogP) is 1.84. The third-order valence-electron chi connectivity index (χ3n) is 2.89. The Hall–Kier alpha value is -2.29. The predicted molar refractivity (Wildman–Crippen MR) is 84.6 cm³/mol. The molecule has 0 atom stereocenters. The fourth-order valence-corrected chi connectivity index (χ4v) is 2.93. The van der Waals surface area contributed by atoms with Gasteiger partial charge in [0, 0.05) is 25.0 Å². The summed E-state index contributed by atoms with van der Waals surface area (Å²) in [4.78, 5) is 13.9. The van der Waals surface area contributed by atoms with Gasteiger partial charge in [0.1, 0.15) is 10.6 Å². The number of methoxy groups -OCH3 is 1. The molecule has 23 heavy (non-hydrogen) atoms. The third kappa shape index (κ3) is 4.35. The Morgan fingerprint density at radius 1 is 1.43 bits per heavy atom. The largest absolute Gasteiger partial charge is 0.464 e. The molecule has 2 N–H and O–H groups in total. The molecule has 0 aromatic carbocycles. The van der Waals surface area contributed by atoms with Crippen LogP contribution in [0.1, 0.15) is 31.3 Å². The Labute approximate surface area is 134 Å². The molecule has 0 fully saturated rings. The smallest absolute Gasteiger partial charge is 0.354 e. The number of carbonyl (C=O) groups excluding carboxylic acids is 1. The lowest BCUT2D eigenvalue weighted by Crippen LogP contribution is -2.17. The average molecular weight is 340 g/mol. The monoisotopic (exact) mass is 340 g/mol. The molecule has 8 nitrogen and oxygen atoms in total. The van der Waals surface area contributed by atoms with Crippen molar-refractivity contribution in [2.75, 3.05) is 11.8 Å². The van der Waals surface area contributed by atoms with Crippen molar-refractivity contribution in [3.05, 3.63) is 30.2 Å². The zero-order valence-electron chi connectivity index (χ0n) is 13.5. The SMILES string of the molecule is COC(=O)c1cc(S(=O)(=O)Nc2ccn(CC(C)(C)C)n2)c[nH]1. The summed E-state index contributed by atoms with van der Waals surface area (Å²) in [7, 11) is -2.61. The molecule has 0 aliphatic carbocycles. The van der Waals surface area contributed by atoms with E-state index in [-0.39, 0.29) is 21.8 Å². The van der Waals surface area contributed by atoms with Crippen molar-refractivity contribution in [1.82, 2.24) is 14.8 Å². The zero-order chi connectivity index (χ0) is 17.3. The second-order valence-corrected chi connectivity index (χ2v) is 7.99. The molecule has 2 aromatic rings. The van der Waals surface area contributed by atoms with Crippen LogP contribution in [-0.4, -0.2) is 36.3 Å². The lowest BCUT2D eigenvalue weighted by Gasteiger charge is -2.17. The van der Waals surface area contributed by atoms with Crippen LogP contribution >= 0.6 is 0 Å². The van der Waals surface area contributed by atoms with Crippen LogP contribution in [0, 0.1) is 5.41 Å². The van der Waals surface area contributed by atoms with Gasteiger partial charge >= 0.3 is 5.97 Å². The highest BCUT2D eigenvalue weighted by molar-refractivity contribution is 7.92. The van der Waals surface area contributed by atoms with Crippen molar-refractivity contribution in [3.8, 4) is 0 Å². The number of sulfonamides is 1. The number of ether oxygens (including phenoxy) is 1. The Bertz CT molecular complexity index is 799. The van der Waals surface area contributed by atoms with Crippen molar-refractivity contribution >= 4 is 21.8 Å². The fourth-order valence-electron chi connectivity index (χ4n) is 1.94. The summed E-state index contributed by atoms with van der Waals surface area (Å²) < 4.78 is 33.2. The normalized spacial score (nSPS) is 12.2. The number of aromatic amines is 1. The highest BCUT2D eigenvalue weighted by Crippen LogP contribution is 2.19.